The zero-order chi connectivity index (χ0) is 26.7. The van der Waals surface area contributed by atoms with Crippen LogP contribution in [-0.4, -0.2) is 28.3 Å². The normalized spacial score (nSPS) is 14.3. The fourth-order valence-electron chi connectivity index (χ4n) is 3.81. The highest BCUT2D eigenvalue weighted by Crippen LogP contribution is 2.34. The Kier molecular flexibility index (Phi) is 8.00. The summed E-state index contributed by atoms with van der Waals surface area (Å²) in [4.78, 5) is 26.0. The van der Waals surface area contributed by atoms with Crippen LogP contribution >= 0.6 is 24.0 Å². The summed E-state index contributed by atoms with van der Waals surface area (Å²) in [6.07, 6.45) is 1.72. The van der Waals surface area contributed by atoms with Crippen LogP contribution in [0.4, 0.5) is 0 Å². The van der Waals surface area contributed by atoms with Crippen molar-refractivity contribution in [2.45, 2.75) is 34.3 Å². The minimum atomic E-state index is -0.403. The number of ether oxygens (including phenoxy) is 2. The number of aryl methyl sites for hydroxylation is 4. The van der Waals surface area contributed by atoms with Crippen molar-refractivity contribution in [1.82, 2.24) is 10.4 Å². The summed E-state index contributed by atoms with van der Waals surface area (Å²) in [5.74, 6) is 0.369. The van der Waals surface area contributed by atoms with Crippen LogP contribution in [-0.2, 0) is 11.4 Å². The molecule has 3 aromatic carbocycles. The van der Waals surface area contributed by atoms with Crippen molar-refractivity contribution in [3.8, 4) is 11.5 Å². The maximum Gasteiger partial charge on any atom is 0.285 e. The molecule has 0 bridgehead atoms. The summed E-state index contributed by atoms with van der Waals surface area (Å²) in [7, 11) is 1.58. The van der Waals surface area contributed by atoms with Crippen molar-refractivity contribution in [2.24, 2.45) is 0 Å². The first-order valence-corrected chi connectivity index (χ1v) is 12.9. The lowest BCUT2D eigenvalue weighted by molar-refractivity contribution is -0.123. The van der Waals surface area contributed by atoms with E-state index in [0.29, 0.717) is 28.6 Å². The Hall–Kier alpha value is -3.62. The van der Waals surface area contributed by atoms with Crippen LogP contribution in [0.15, 0.2) is 59.5 Å². The van der Waals surface area contributed by atoms with Crippen LogP contribution in [0.5, 0.6) is 11.5 Å². The topological polar surface area (TPSA) is 67.9 Å². The van der Waals surface area contributed by atoms with Crippen molar-refractivity contribution >= 4 is 46.2 Å². The monoisotopic (exact) mass is 532 g/mol. The number of amides is 2. The van der Waals surface area contributed by atoms with Gasteiger partial charge < -0.3 is 9.47 Å². The standard InChI is InChI=1S/C29H28N2O4S2/c1-17-6-9-22(10-7-17)27(32)30-31-28(33)26(37-29(31)36)15-21-8-11-24(25(14-21)34-5)35-16-23-13-19(3)18(2)12-20(23)4/h6-15H,16H2,1-5H3,(H,30,32)/b26-15+. The third kappa shape index (κ3) is 6.03. The first kappa shape index (κ1) is 26.4. The second kappa shape index (κ2) is 11.2. The highest BCUT2D eigenvalue weighted by Gasteiger charge is 2.33. The van der Waals surface area contributed by atoms with E-state index in [1.54, 1.807) is 31.4 Å². The average molecular weight is 533 g/mol. The second-order valence-electron chi connectivity index (χ2n) is 8.89. The first-order chi connectivity index (χ1) is 17.7. The highest BCUT2D eigenvalue weighted by atomic mass is 32.2. The number of methoxy groups -OCH3 is 1. The fraction of sp³-hybridized carbons (Fsp3) is 0.207. The zero-order valence-corrected chi connectivity index (χ0v) is 23.0. The predicted octanol–water partition coefficient (Wildman–Crippen LogP) is 6.05. The van der Waals surface area contributed by atoms with Gasteiger partial charge in [-0.05, 0) is 98.1 Å². The van der Waals surface area contributed by atoms with Gasteiger partial charge in [0.05, 0.1) is 12.0 Å². The number of rotatable bonds is 7. The maximum absolute atomic E-state index is 13.0. The lowest BCUT2D eigenvalue weighted by Crippen LogP contribution is -2.44. The summed E-state index contributed by atoms with van der Waals surface area (Å²) in [6.45, 7) is 8.62. The lowest BCUT2D eigenvalue weighted by atomic mass is 10.0. The van der Waals surface area contributed by atoms with E-state index in [9.17, 15) is 9.59 Å². The summed E-state index contributed by atoms with van der Waals surface area (Å²) < 4.78 is 11.9. The molecule has 0 spiro atoms. The van der Waals surface area contributed by atoms with Crippen LogP contribution in [0, 0.1) is 27.7 Å². The third-order valence-corrected chi connectivity index (χ3v) is 7.44. The maximum atomic E-state index is 13.0. The van der Waals surface area contributed by atoms with Crippen molar-refractivity contribution in [2.75, 3.05) is 7.11 Å². The van der Waals surface area contributed by atoms with Crippen LogP contribution in [0.1, 0.15) is 43.7 Å². The van der Waals surface area contributed by atoms with Crippen molar-refractivity contribution in [1.29, 1.82) is 0 Å². The van der Waals surface area contributed by atoms with Crippen LogP contribution < -0.4 is 14.9 Å². The van der Waals surface area contributed by atoms with Gasteiger partial charge >= 0.3 is 0 Å². The van der Waals surface area contributed by atoms with Gasteiger partial charge in [-0.3, -0.25) is 15.0 Å². The first-order valence-electron chi connectivity index (χ1n) is 11.7. The van der Waals surface area contributed by atoms with Gasteiger partial charge in [0.1, 0.15) is 6.61 Å². The van der Waals surface area contributed by atoms with E-state index in [1.165, 1.54) is 16.7 Å². The molecule has 8 heteroatoms. The summed E-state index contributed by atoms with van der Waals surface area (Å²) in [5.41, 5.74) is 9.60. The number of thioether (sulfide) groups is 1. The molecule has 37 heavy (non-hydrogen) atoms. The number of thiocarbonyl (C=S) groups is 1. The van der Waals surface area contributed by atoms with E-state index in [2.05, 4.69) is 38.3 Å². The Labute approximate surface area is 226 Å². The number of hydrogen-bond donors (Lipinski definition) is 1. The number of nitrogens with zero attached hydrogens (tertiary/aromatic N) is 1. The zero-order valence-electron chi connectivity index (χ0n) is 21.4. The molecule has 0 radical (unpaired) electrons. The molecule has 1 aliphatic heterocycles. The molecule has 1 N–H and O–H groups in total. The molecule has 0 saturated carbocycles. The van der Waals surface area contributed by atoms with E-state index < -0.39 is 5.91 Å². The van der Waals surface area contributed by atoms with Crippen molar-refractivity contribution < 1.29 is 19.1 Å². The minimum absolute atomic E-state index is 0.257. The van der Waals surface area contributed by atoms with E-state index >= 15 is 0 Å². The van der Waals surface area contributed by atoms with Crippen molar-refractivity contribution in [3.05, 3.63) is 98.4 Å². The smallest absolute Gasteiger partial charge is 0.285 e. The average Bonchev–Trinajstić information content (AvgIpc) is 3.13. The van der Waals surface area contributed by atoms with Gasteiger partial charge in [-0.15, -0.1) is 0 Å². The molecule has 1 fully saturated rings. The molecule has 3 aromatic rings. The minimum Gasteiger partial charge on any atom is -0.493 e. The molecular weight excluding hydrogens is 504 g/mol. The molecule has 6 nitrogen and oxygen atoms in total. The Morgan fingerprint density at radius 3 is 2.38 bits per heavy atom. The number of nitrogens with one attached hydrogen (secondary N) is 1. The molecule has 0 aliphatic carbocycles. The van der Waals surface area contributed by atoms with Crippen LogP contribution in [0.2, 0.25) is 0 Å². The number of benzene rings is 3. The molecule has 1 saturated heterocycles. The number of hydrazine groups is 1. The van der Waals surface area contributed by atoms with Gasteiger partial charge in [-0.25, -0.2) is 0 Å². The molecule has 2 amide bonds. The summed E-state index contributed by atoms with van der Waals surface area (Å²) in [6, 6.07) is 16.9. The van der Waals surface area contributed by atoms with Gasteiger partial charge in [0.25, 0.3) is 11.8 Å². The number of carbonyl (C=O) groups is 2. The molecule has 0 aromatic heterocycles. The quantitative estimate of drug-likeness (QED) is 0.295. The van der Waals surface area contributed by atoms with Crippen LogP contribution in [0.25, 0.3) is 6.08 Å². The second-order valence-corrected chi connectivity index (χ2v) is 10.6. The molecule has 1 aliphatic rings. The molecular formula is C29H28N2O4S2. The summed E-state index contributed by atoms with van der Waals surface area (Å²) >= 11 is 6.47. The Balaban J connectivity index is 1.47. The fourth-order valence-corrected chi connectivity index (χ4v) is 4.99. The predicted molar refractivity (Wildman–Crippen MR) is 152 cm³/mol. The van der Waals surface area contributed by atoms with E-state index in [4.69, 9.17) is 21.7 Å². The van der Waals surface area contributed by atoms with E-state index in [-0.39, 0.29) is 10.2 Å². The number of hydrogen-bond acceptors (Lipinski definition) is 6. The molecule has 190 valence electrons. The number of carbonyl (C=O) groups excluding carboxylic acids is 2. The van der Waals surface area contributed by atoms with Gasteiger partial charge in [0.15, 0.2) is 15.8 Å². The Morgan fingerprint density at radius 1 is 0.973 bits per heavy atom. The van der Waals surface area contributed by atoms with Gasteiger partial charge in [0.2, 0.25) is 0 Å². The lowest BCUT2D eigenvalue weighted by Gasteiger charge is -2.15. The van der Waals surface area contributed by atoms with E-state index in [0.717, 1.165) is 33.5 Å². The van der Waals surface area contributed by atoms with Crippen LogP contribution in [0.3, 0.4) is 0 Å². The summed E-state index contributed by atoms with van der Waals surface area (Å²) in [5, 5.41) is 1.11. The van der Waals surface area contributed by atoms with Gasteiger partial charge in [-0.2, -0.15) is 5.01 Å². The third-order valence-electron chi connectivity index (χ3n) is 6.14. The molecule has 0 atom stereocenters. The molecule has 1 heterocycles. The van der Waals surface area contributed by atoms with E-state index in [1.807, 2.05) is 31.2 Å². The SMILES string of the molecule is COc1cc(/C=C2/SC(=S)N(NC(=O)c3ccc(C)cc3)C2=O)ccc1OCc1cc(C)c(C)cc1C. The largest absolute Gasteiger partial charge is 0.493 e. The van der Waals surface area contributed by atoms with Gasteiger partial charge in [-0.1, -0.05) is 47.7 Å². The highest BCUT2D eigenvalue weighted by molar-refractivity contribution is 8.26. The molecule has 0 unspecified atom stereocenters. The van der Waals surface area contributed by atoms with Crippen molar-refractivity contribution in [3.63, 3.8) is 0 Å². The Bertz CT molecular complexity index is 1410. The molecule has 4 rings (SSSR count). The van der Waals surface area contributed by atoms with Gasteiger partial charge in [0, 0.05) is 5.56 Å². The Morgan fingerprint density at radius 2 is 1.68 bits per heavy atom.